The number of aromatic nitrogens is 2. The number of hydrogen-bond donors (Lipinski definition) is 2. The Labute approximate surface area is 174 Å². The zero-order valence-corrected chi connectivity index (χ0v) is 17.3. The molecule has 0 spiro atoms. The molecule has 2 N–H and O–H groups in total. The maximum Gasteiger partial charge on any atom is 0.257 e. The van der Waals surface area contributed by atoms with Crippen LogP contribution in [0, 0.1) is 13.8 Å². The van der Waals surface area contributed by atoms with Crippen molar-refractivity contribution in [2.45, 2.75) is 20.0 Å². The van der Waals surface area contributed by atoms with E-state index in [1.54, 1.807) is 33.3 Å². The monoisotopic (exact) mass is 405 g/mol. The van der Waals surface area contributed by atoms with Crippen molar-refractivity contribution in [1.29, 1.82) is 0 Å². The molecule has 0 aliphatic carbocycles. The minimum atomic E-state index is -0.681. The molecule has 30 heavy (non-hydrogen) atoms. The molecule has 0 radical (unpaired) electrons. The van der Waals surface area contributed by atoms with Crippen LogP contribution in [0.3, 0.4) is 0 Å². The Morgan fingerprint density at radius 2 is 1.90 bits per heavy atom. The Balaban J connectivity index is 1.86. The van der Waals surface area contributed by atoms with Crippen molar-refractivity contribution in [1.82, 2.24) is 9.55 Å². The van der Waals surface area contributed by atoms with Gasteiger partial charge in [-0.15, -0.1) is 0 Å². The fourth-order valence-corrected chi connectivity index (χ4v) is 3.42. The van der Waals surface area contributed by atoms with Gasteiger partial charge < -0.3 is 14.8 Å². The molecule has 2 heterocycles. The van der Waals surface area contributed by atoms with E-state index in [2.05, 4.69) is 15.6 Å². The number of benzene rings is 2. The van der Waals surface area contributed by atoms with E-state index in [1.807, 2.05) is 37.3 Å². The molecule has 0 saturated carbocycles. The minimum Gasteiger partial charge on any atom is -0.497 e. The third-order valence-corrected chi connectivity index (χ3v) is 4.80. The molecule has 0 unspecified atom stereocenters. The van der Waals surface area contributed by atoms with Gasteiger partial charge in [0.15, 0.2) is 6.17 Å². The highest BCUT2D eigenvalue weighted by Gasteiger charge is 2.28. The summed E-state index contributed by atoms with van der Waals surface area (Å²) in [5.74, 6) is 2.12. The van der Waals surface area contributed by atoms with Crippen LogP contribution in [-0.2, 0) is 0 Å². The van der Waals surface area contributed by atoms with E-state index in [-0.39, 0.29) is 5.56 Å². The van der Waals surface area contributed by atoms with Crippen molar-refractivity contribution in [3.8, 4) is 11.5 Å². The fourth-order valence-electron chi connectivity index (χ4n) is 3.42. The number of nitrogens with one attached hydrogen (secondary N) is 2. The summed E-state index contributed by atoms with van der Waals surface area (Å²) in [5, 5.41) is 6.41. The zero-order valence-electron chi connectivity index (χ0n) is 17.3. The summed E-state index contributed by atoms with van der Waals surface area (Å²) in [6, 6.07) is 14.8. The number of methoxy groups -OCH3 is 2. The predicted octanol–water partition coefficient (Wildman–Crippen LogP) is 3.32. The quantitative estimate of drug-likeness (QED) is 0.692. The van der Waals surface area contributed by atoms with Crippen LogP contribution in [-0.4, -0.2) is 29.7 Å². The van der Waals surface area contributed by atoms with Gasteiger partial charge in [-0.25, -0.2) is 9.98 Å². The summed E-state index contributed by atoms with van der Waals surface area (Å²) in [5.41, 5.74) is 3.09. The number of nitrogens with zero attached hydrogens (tertiary/aromatic N) is 3. The molecule has 0 amide bonds. The van der Waals surface area contributed by atoms with E-state index in [9.17, 15) is 4.79 Å². The average molecular weight is 405 g/mol. The van der Waals surface area contributed by atoms with Crippen molar-refractivity contribution in [2.75, 3.05) is 24.9 Å². The molecule has 0 bridgehead atoms. The van der Waals surface area contributed by atoms with Gasteiger partial charge in [-0.1, -0.05) is 12.1 Å². The molecule has 2 aromatic carbocycles. The number of rotatable bonds is 4. The van der Waals surface area contributed by atoms with E-state index in [0.717, 1.165) is 11.3 Å². The van der Waals surface area contributed by atoms with E-state index in [0.29, 0.717) is 34.7 Å². The summed E-state index contributed by atoms with van der Waals surface area (Å²) >= 11 is 0. The number of guanidine groups is 1. The first-order chi connectivity index (χ1) is 14.5. The SMILES string of the molecule is COc1ccc(OC)c([C@H]2N=C(Nc3cccc(C)c3)Nc3nc(C)cc(=O)n32)c1. The minimum absolute atomic E-state index is 0.210. The van der Waals surface area contributed by atoms with Crippen LogP contribution in [0.4, 0.5) is 11.6 Å². The zero-order chi connectivity index (χ0) is 21.3. The first-order valence-electron chi connectivity index (χ1n) is 9.49. The van der Waals surface area contributed by atoms with Crippen molar-refractivity contribution in [3.63, 3.8) is 0 Å². The smallest absolute Gasteiger partial charge is 0.257 e. The number of hydrogen-bond acceptors (Lipinski definition) is 7. The second kappa shape index (κ2) is 7.90. The number of aryl methyl sites for hydroxylation is 2. The molecule has 3 aromatic rings. The van der Waals surface area contributed by atoms with E-state index in [1.165, 1.54) is 10.6 Å². The highest BCUT2D eigenvalue weighted by atomic mass is 16.5. The lowest BCUT2D eigenvalue weighted by atomic mass is 10.1. The Bertz CT molecular complexity index is 1190. The van der Waals surface area contributed by atoms with Gasteiger partial charge in [0, 0.05) is 23.0 Å². The van der Waals surface area contributed by atoms with Crippen molar-refractivity contribution >= 4 is 17.6 Å². The lowest BCUT2D eigenvalue weighted by molar-refractivity contribution is 0.391. The number of aliphatic imine (C=N–C) groups is 1. The Hall–Kier alpha value is -3.81. The van der Waals surface area contributed by atoms with Crippen LogP contribution in [0.25, 0.3) is 0 Å². The molecule has 1 aromatic heterocycles. The predicted molar refractivity (Wildman–Crippen MR) is 117 cm³/mol. The van der Waals surface area contributed by atoms with Crippen LogP contribution in [0.5, 0.6) is 11.5 Å². The summed E-state index contributed by atoms with van der Waals surface area (Å²) in [6.07, 6.45) is -0.681. The molecule has 154 valence electrons. The maximum absolute atomic E-state index is 12.9. The first kappa shape index (κ1) is 19.5. The van der Waals surface area contributed by atoms with Gasteiger partial charge in [0.1, 0.15) is 11.5 Å². The van der Waals surface area contributed by atoms with Crippen molar-refractivity contribution < 1.29 is 9.47 Å². The second-order valence-corrected chi connectivity index (χ2v) is 7.01. The Kier molecular flexibility index (Phi) is 5.14. The largest absolute Gasteiger partial charge is 0.497 e. The molecule has 1 atom stereocenters. The van der Waals surface area contributed by atoms with Gasteiger partial charge in [-0.05, 0) is 49.7 Å². The summed E-state index contributed by atoms with van der Waals surface area (Å²) in [7, 11) is 3.17. The van der Waals surface area contributed by atoms with Gasteiger partial charge in [0.25, 0.3) is 5.56 Å². The molecule has 4 rings (SSSR count). The molecule has 8 nitrogen and oxygen atoms in total. The van der Waals surface area contributed by atoms with Crippen LogP contribution >= 0.6 is 0 Å². The van der Waals surface area contributed by atoms with Crippen LogP contribution < -0.4 is 25.7 Å². The molecular weight excluding hydrogens is 382 g/mol. The average Bonchev–Trinajstić information content (AvgIpc) is 2.72. The Morgan fingerprint density at radius 3 is 2.63 bits per heavy atom. The normalized spacial score (nSPS) is 14.9. The molecule has 8 heteroatoms. The molecular formula is C22H23N5O3. The molecule has 1 aliphatic heterocycles. The van der Waals surface area contributed by atoms with Crippen LogP contribution in [0.2, 0.25) is 0 Å². The van der Waals surface area contributed by atoms with E-state index < -0.39 is 6.17 Å². The molecule has 0 saturated heterocycles. The second-order valence-electron chi connectivity index (χ2n) is 7.01. The standard InChI is InChI=1S/C22H23N5O3/c1-13-6-5-7-15(10-13)24-21-25-20(17-12-16(29-3)8-9-18(17)30-4)27-19(28)11-14(2)23-22(27)26-21/h5-12,20H,1-4H3,(H2,23,24,25,26)/t20-/m0/s1. The van der Waals surface area contributed by atoms with Gasteiger partial charge in [-0.2, -0.15) is 0 Å². The summed E-state index contributed by atoms with van der Waals surface area (Å²) in [6.45, 7) is 3.80. The van der Waals surface area contributed by atoms with E-state index in [4.69, 9.17) is 14.5 Å². The topological polar surface area (TPSA) is 89.8 Å². The highest BCUT2D eigenvalue weighted by Crippen LogP contribution is 2.34. The third-order valence-electron chi connectivity index (χ3n) is 4.80. The van der Waals surface area contributed by atoms with Gasteiger partial charge >= 0.3 is 0 Å². The van der Waals surface area contributed by atoms with Crippen molar-refractivity contribution in [2.24, 2.45) is 4.99 Å². The summed E-state index contributed by atoms with van der Waals surface area (Å²) < 4.78 is 12.4. The summed E-state index contributed by atoms with van der Waals surface area (Å²) in [4.78, 5) is 22.1. The highest BCUT2D eigenvalue weighted by molar-refractivity contribution is 6.03. The molecule has 0 fully saturated rings. The van der Waals surface area contributed by atoms with Gasteiger partial charge in [0.2, 0.25) is 11.9 Å². The first-order valence-corrected chi connectivity index (χ1v) is 9.49. The maximum atomic E-state index is 12.9. The lowest BCUT2D eigenvalue weighted by Crippen LogP contribution is -2.37. The molecule has 1 aliphatic rings. The number of anilines is 2. The number of fused-ring (bicyclic) bond motifs is 1. The van der Waals surface area contributed by atoms with Crippen LogP contribution in [0.1, 0.15) is 23.0 Å². The van der Waals surface area contributed by atoms with Gasteiger partial charge in [0.05, 0.1) is 14.2 Å². The fraction of sp³-hybridized carbons (Fsp3) is 0.227. The Morgan fingerprint density at radius 1 is 1.07 bits per heavy atom. The number of ether oxygens (including phenoxy) is 2. The lowest BCUT2D eigenvalue weighted by Gasteiger charge is -2.28. The third kappa shape index (κ3) is 3.71. The van der Waals surface area contributed by atoms with Crippen molar-refractivity contribution in [3.05, 3.63) is 75.7 Å². The van der Waals surface area contributed by atoms with Gasteiger partial charge in [-0.3, -0.25) is 14.7 Å². The van der Waals surface area contributed by atoms with Crippen LogP contribution in [0.15, 0.2) is 58.3 Å². The van der Waals surface area contributed by atoms with E-state index >= 15 is 0 Å².